The Bertz CT molecular complexity index is 251. The zero-order valence-electron chi connectivity index (χ0n) is 13.8. The first-order chi connectivity index (χ1) is 8.86. The van der Waals surface area contributed by atoms with Gasteiger partial charge in [0.15, 0.2) is 0 Å². The van der Waals surface area contributed by atoms with Gasteiger partial charge in [-0.05, 0) is 46.1 Å². The van der Waals surface area contributed by atoms with Crippen molar-refractivity contribution in [1.29, 1.82) is 0 Å². The molecule has 0 heterocycles. The maximum Gasteiger partial charge on any atom is 0.237 e. The Morgan fingerprint density at radius 2 is 1.84 bits per heavy atom. The molecule has 3 heteroatoms. The van der Waals surface area contributed by atoms with Crippen molar-refractivity contribution in [2.45, 2.75) is 85.2 Å². The van der Waals surface area contributed by atoms with Crippen LogP contribution in [0.15, 0.2) is 0 Å². The van der Waals surface area contributed by atoms with Gasteiger partial charge in [-0.1, -0.05) is 40.0 Å². The summed E-state index contributed by atoms with van der Waals surface area (Å²) in [7, 11) is 0. The molecule has 0 rings (SSSR count). The Hall–Kier alpha value is -0.570. The van der Waals surface area contributed by atoms with E-state index in [9.17, 15) is 4.79 Å². The molecule has 114 valence electrons. The van der Waals surface area contributed by atoms with Crippen LogP contribution in [0.25, 0.3) is 0 Å². The van der Waals surface area contributed by atoms with Crippen molar-refractivity contribution < 1.29 is 4.79 Å². The first kappa shape index (κ1) is 18.4. The summed E-state index contributed by atoms with van der Waals surface area (Å²) in [4.78, 5) is 12.1. The van der Waals surface area contributed by atoms with Gasteiger partial charge in [-0.15, -0.1) is 0 Å². The highest BCUT2D eigenvalue weighted by Crippen LogP contribution is 2.12. The van der Waals surface area contributed by atoms with Crippen molar-refractivity contribution in [3.8, 4) is 0 Å². The van der Waals surface area contributed by atoms with Crippen molar-refractivity contribution in [2.75, 3.05) is 6.54 Å². The van der Waals surface area contributed by atoms with Gasteiger partial charge in [-0.25, -0.2) is 0 Å². The number of carbonyl (C=O) groups excluding carboxylic acids is 1. The topological polar surface area (TPSA) is 41.1 Å². The van der Waals surface area contributed by atoms with Crippen molar-refractivity contribution in [1.82, 2.24) is 10.6 Å². The van der Waals surface area contributed by atoms with Crippen LogP contribution in [0.1, 0.15) is 73.6 Å². The van der Waals surface area contributed by atoms with Crippen molar-refractivity contribution in [2.24, 2.45) is 5.92 Å². The summed E-state index contributed by atoms with van der Waals surface area (Å²) in [5, 5.41) is 6.47. The minimum atomic E-state index is -0.112. The molecule has 0 bridgehead atoms. The molecule has 2 atom stereocenters. The van der Waals surface area contributed by atoms with E-state index in [2.05, 4.69) is 45.3 Å². The van der Waals surface area contributed by atoms with Crippen LogP contribution in [0.3, 0.4) is 0 Å². The Morgan fingerprint density at radius 1 is 1.21 bits per heavy atom. The monoisotopic (exact) mass is 270 g/mol. The summed E-state index contributed by atoms with van der Waals surface area (Å²) in [6, 6.07) is -0.110. The second-order valence-electron chi connectivity index (χ2n) is 6.27. The highest BCUT2D eigenvalue weighted by Gasteiger charge is 2.21. The molecule has 2 N–H and O–H groups in total. The van der Waals surface area contributed by atoms with Gasteiger partial charge in [0.05, 0.1) is 6.04 Å². The number of rotatable bonds is 10. The van der Waals surface area contributed by atoms with Gasteiger partial charge in [-0.2, -0.15) is 0 Å². The summed E-state index contributed by atoms with van der Waals surface area (Å²) < 4.78 is 0. The number of unbranched alkanes of at least 4 members (excludes halogenated alkanes) is 1. The van der Waals surface area contributed by atoms with E-state index in [0.29, 0.717) is 5.92 Å². The first-order valence-corrected chi connectivity index (χ1v) is 7.91. The molecule has 0 aliphatic carbocycles. The van der Waals surface area contributed by atoms with Gasteiger partial charge in [0, 0.05) is 5.54 Å². The van der Waals surface area contributed by atoms with E-state index in [1.54, 1.807) is 0 Å². The SMILES string of the molecule is CCCCC(CC)CNC(C)C(=O)NC(C)(C)CC. The molecule has 0 saturated carbocycles. The third-order valence-electron chi connectivity index (χ3n) is 3.99. The standard InChI is InChI=1S/C16H34N2O/c1-7-10-11-14(8-2)12-17-13(4)15(19)18-16(5,6)9-3/h13-14,17H,7-12H2,1-6H3,(H,18,19). The van der Waals surface area contributed by atoms with Crippen LogP contribution in [-0.4, -0.2) is 24.0 Å². The average molecular weight is 270 g/mol. The van der Waals surface area contributed by atoms with Crippen LogP contribution in [0.2, 0.25) is 0 Å². The number of hydrogen-bond acceptors (Lipinski definition) is 2. The molecule has 3 nitrogen and oxygen atoms in total. The zero-order valence-corrected chi connectivity index (χ0v) is 13.8. The molecule has 0 radical (unpaired) electrons. The molecule has 0 saturated heterocycles. The lowest BCUT2D eigenvalue weighted by atomic mass is 9.99. The van der Waals surface area contributed by atoms with Crippen LogP contribution in [0, 0.1) is 5.92 Å². The first-order valence-electron chi connectivity index (χ1n) is 7.91. The summed E-state index contributed by atoms with van der Waals surface area (Å²) in [6.45, 7) is 13.6. The smallest absolute Gasteiger partial charge is 0.237 e. The van der Waals surface area contributed by atoms with Gasteiger partial charge < -0.3 is 10.6 Å². The second kappa shape index (κ2) is 9.35. The number of amides is 1. The predicted octanol–water partition coefficient (Wildman–Crippen LogP) is 3.49. The summed E-state index contributed by atoms with van der Waals surface area (Å²) in [5.41, 5.74) is -0.112. The Labute approximate surface area is 119 Å². The lowest BCUT2D eigenvalue weighted by Crippen LogP contribution is -2.51. The largest absolute Gasteiger partial charge is 0.350 e. The second-order valence-corrected chi connectivity index (χ2v) is 6.27. The van der Waals surface area contributed by atoms with Gasteiger partial charge in [0.2, 0.25) is 5.91 Å². The molecule has 0 aromatic carbocycles. The zero-order chi connectivity index (χ0) is 14.9. The fourth-order valence-corrected chi connectivity index (χ4v) is 1.91. The van der Waals surface area contributed by atoms with E-state index in [4.69, 9.17) is 0 Å². The highest BCUT2D eigenvalue weighted by molar-refractivity contribution is 5.81. The van der Waals surface area contributed by atoms with Gasteiger partial charge >= 0.3 is 0 Å². The Balaban J connectivity index is 4.07. The maximum atomic E-state index is 12.1. The molecular weight excluding hydrogens is 236 g/mol. The Morgan fingerprint density at radius 3 is 2.32 bits per heavy atom. The number of nitrogens with one attached hydrogen (secondary N) is 2. The molecule has 2 unspecified atom stereocenters. The average Bonchev–Trinajstić information content (AvgIpc) is 2.38. The van der Waals surface area contributed by atoms with Crippen molar-refractivity contribution in [3.05, 3.63) is 0 Å². The van der Waals surface area contributed by atoms with E-state index >= 15 is 0 Å². The van der Waals surface area contributed by atoms with Crippen molar-refractivity contribution in [3.63, 3.8) is 0 Å². The van der Waals surface area contributed by atoms with Crippen LogP contribution >= 0.6 is 0 Å². The molecule has 1 amide bonds. The summed E-state index contributed by atoms with van der Waals surface area (Å²) in [6.07, 6.45) is 5.91. The molecule has 0 aromatic heterocycles. The maximum absolute atomic E-state index is 12.1. The summed E-state index contributed by atoms with van der Waals surface area (Å²) >= 11 is 0. The molecular formula is C16H34N2O. The van der Waals surface area contributed by atoms with Gasteiger partial charge in [0.1, 0.15) is 0 Å². The lowest BCUT2D eigenvalue weighted by molar-refractivity contribution is -0.124. The minimum Gasteiger partial charge on any atom is -0.350 e. The third kappa shape index (κ3) is 8.25. The van der Waals surface area contributed by atoms with E-state index in [1.165, 1.54) is 25.7 Å². The molecule has 19 heavy (non-hydrogen) atoms. The van der Waals surface area contributed by atoms with Gasteiger partial charge in [0.25, 0.3) is 0 Å². The third-order valence-corrected chi connectivity index (χ3v) is 3.99. The van der Waals surface area contributed by atoms with E-state index < -0.39 is 0 Å². The fraction of sp³-hybridized carbons (Fsp3) is 0.938. The molecule has 0 fully saturated rings. The van der Waals surface area contributed by atoms with E-state index in [-0.39, 0.29) is 17.5 Å². The predicted molar refractivity (Wildman–Crippen MR) is 83.3 cm³/mol. The molecule has 0 aliphatic heterocycles. The summed E-state index contributed by atoms with van der Waals surface area (Å²) in [5.74, 6) is 0.798. The number of carbonyl (C=O) groups is 1. The normalized spacial score (nSPS) is 15.1. The van der Waals surface area contributed by atoms with Crippen LogP contribution in [-0.2, 0) is 4.79 Å². The molecule has 0 aliphatic rings. The quantitative estimate of drug-likeness (QED) is 0.638. The molecule has 0 spiro atoms. The van der Waals surface area contributed by atoms with Crippen LogP contribution in [0.5, 0.6) is 0 Å². The van der Waals surface area contributed by atoms with Crippen molar-refractivity contribution >= 4 is 5.91 Å². The van der Waals surface area contributed by atoms with Crippen LogP contribution < -0.4 is 10.6 Å². The lowest BCUT2D eigenvalue weighted by Gasteiger charge is -2.27. The highest BCUT2D eigenvalue weighted by atomic mass is 16.2. The van der Waals surface area contributed by atoms with E-state index in [1.807, 2.05) is 6.92 Å². The van der Waals surface area contributed by atoms with Gasteiger partial charge in [-0.3, -0.25) is 4.79 Å². The van der Waals surface area contributed by atoms with E-state index in [0.717, 1.165) is 13.0 Å². The molecule has 0 aromatic rings. The Kier molecular flexibility index (Phi) is 9.07. The van der Waals surface area contributed by atoms with Crippen LogP contribution in [0.4, 0.5) is 0 Å². The number of hydrogen-bond donors (Lipinski definition) is 2. The fourth-order valence-electron chi connectivity index (χ4n) is 1.91. The minimum absolute atomic E-state index is 0.109.